The maximum atomic E-state index is 11.0. The van der Waals surface area contributed by atoms with Gasteiger partial charge in [-0.15, -0.1) is 0 Å². The Bertz CT molecular complexity index is 244. The van der Waals surface area contributed by atoms with Crippen LogP contribution in [0.3, 0.4) is 0 Å². The van der Waals surface area contributed by atoms with E-state index in [9.17, 15) is 13.8 Å². The van der Waals surface area contributed by atoms with Crippen LogP contribution < -0.4 is 16.6 Å². The largest absolute Gasteiger partial charge is 0.345 e. The van der Waals surface area contributed by atoms with Crippen LogP contribution in [0.15, 0.2) is 0 Å². The molecule has 0 radical (unpaired) electrons. The Morgan fingerprint density at radius 1 is 1.43 bits per heavy atom. The summed E-state index contributed by atoms with van der Waals surface area (Å²) in [6, 6.07) is -0.191. The van der Waals surface area contributed by atoms with Gasteiger partial charge in [0.25, 0.3) is 0 Å². The fourth-order valence-corrected chi connectivity index (χ4v) is 1.46. The number of nitrogens with one attached hydrogen (secondary N) is 2. The van der Waals surface area contributed by atoms with Crippen LogP contribution in [0.2, 0.25) is 0 Å². The summed E-state index contributed by atoms with van der Waals surface area (Å²) in [4.78, 5) is 21.6. The molecule has 0 aliphatic carbocycles. The number of hydrazine groups is 1. The van der Waals surface area contributed by atoms with Crippen molar-refractivity contribution in [3.05, 3.63) is 0 Å². The predicted molar refractivity (Wildman–Crippen MR) is 53.5 cm³/mol. The molecule has 4 N–H and O–H groups in total. The summed E-state index contributed by atoms with van der Waals surface area (Å²) in [7, 11) is -0.890. The summed E-state index contributed by atoms with van der Waals surface area (Å²) in [6.07, 6.45) is 2.15. The zero-order chi connectivity index (χ0) is 11.1. The lowest BCUT2D eigenvalue weighted by Crippen LogP contribution is -2.46. The average Bonchev–Trinajstić information content (AvgIpc) is 2.13. The van der Waals surface area contributed by atoms with Crippen molar-refractivity contribution < 1.29 is 13.8 Å². The number of nitrogens with two attached hydrogens (primary N) is 1. The first kappa shape index (κ1) is 13.1. The van der Waals surface area contributed by atoms with Crippen molar-refractivity contribution in [1.82, 2.24) is 10.7 Å². The Labute approximate surface area is 85.0 Å². The SMILES string of the molecule is CC(CCS(C)=O)NC(=O)C(=O)NN. The van der Waals surface area contributed by atoms with Gasteiger partial charge in [0.15, 0.2) is 0 Å². The van der Waals surface area contributed by atoms with Gasteiger partial charge in [-0.05, 0) is 13.3 Å². The summed E-state index contributed by atoms with van der Waals surface area (Å²) < 4.78 is 10.7. The number of hydrogen-bond donors (Lipinski definition) is 3. The van der Waals surface area contributed by atoms with Crippen molar-refractivity contribution in [2.45, 2.75) is 19.4 Å². The van der Waals surface area contributed by atoms with Gasteiger partial charge in [-0.1, -0.05) is 0 Å². The van der Waals surface area contributed by atoms with E-state index in [1.54, 1.807) is 18.6 Å². The summed E-state index contributed by atoms with van der Waals surface area (Å²) in [5.74, 6) is 3.60. The van der Waals surface area contributed by atoms with Crippen LogP contribution >= 0.6 is 0 Å². The smallest absolute Gasteiger partial charge is 0.323 e. The van der Waals surface area contributed by atoms with Gasteiger partial charge in [0.05, 0.1) is 0 Å². The lowest BCUT2D eigenvalue weighted by molar-refractivity contribution is -0.139. The first-order chi connectivity index (χ1) is 6.47. The Morgan fingerprint density at radius 3 is 2.43 bits per heavy atom. The van der Waals surface area contributed by atoms with Crippen LogP contribution in [0.4, 0.5) is 0 Å². The second kappa shape index (κ2) is 6.50. The molecule has 0 aliphatic heterocycles. The third kappa shape index (κ3) is 5.65. The molecule has 0 spiro atoms. The molecule has 0 bridgehead atoms. The number of carbonyl (C=O) groups excluding carboxylic acids is 2. The van der Waals surface area contributed by atoms with E-state index in [0.717, 1.165) is 0 Å². The zero-order valence-corrected chi connectivity index (χ0v) is 9.02. The Hall–Kier alpha value is -0.950. The van der Waals surface area contributed by atoms with E-state index in [0.29, 0.717) is 12.2 Å². The quantitative estimate of drug-likeness (QED) is 0.227. The number of amides is 2. The molecule has 0 saturated heterocycles. The molecule has 2 unspecified atom stereocenters. The van der Waals surface area contributed by atoms with Gasteiger partial charge in [-0.3, -0.25) is 19.2 Å². The fraction of sp³-hybridized carbons (Fsp3) is 0.714. The second-order valence-electron chi connectivity index (χ2n) is 2.91. The molecule has 0 rings (SSSR count). The highest BCUT2D eigenvalue weighted by atomic mass is 32.2. The van der Waals surface area contributed by atoms with E-state index >= 15 is 0 Å². The predicted octanol–water partition coefficient (Wildman–Crippen LogP) is -1.75. The summed E-state index contributed by atoms with van der Waals surface area (Å²) in [5.41, 5.74) is 1.72. The maximum Gasteiger partial charge on any atom is 0.323 e. The van der Waals surface area contributed by atoms with Crippen LogP contribution in [-0.4, -0.2) is 34.1 Å². The fourth-order valence-electron chi connectivity index (χ4n) is 0.770. The zero-order valence-electron chi connectivity index (χ0n) is 8.20. The molecule has 82 valence electrons. The average molecular weight is 221 g/mol. The first-order valence-electron chi connectivity index (χ1n) is 4.08. The van der Waals surface area contributed by atoms with Crippen molar-refractivity contribution in [1.29, 1.82) is 0 Å². The van der Waals surface area contributed by atoms with Gasteiger partial charge in [0.1, 0.15) is 0 Å². The highest BCUT2D eigenvalue weighted by molar-refractivity contribution is 7.84. The van der Waals surface area contributed by atoms with Crippen LogP contribution in [-0.2, 0) is 20.4 Å². The topological polar surface area (TPSA) is 101 Å². The minimum Gasteiger partial charge on any atom is -0.345 e. The Morgan fingerprint density at radius 2 is 2.00 bits per heavy atom. The van der Waals surface area contributed by atoms with E-state index in [2.05, 4.69) is 5.32 Å². The molecule has 2 amide bonds. The van der Waals surface area contributed by atoms with Gasteiger partial charge in [0, 0.05) is 28.9 Å². The van der Waals surface area contributed by atoms with Gasteiger partial charge in [-0.2, -0.15) is 0 Å². The molecular weight excluding hydrogens is 206 g/mol. The first-order valence-corrected chi connectivity index (χ1v) is 5.81. The van der Waals surface area contributed by atoms with Crippen molar-refractivity contribution >= 4 is 22.6 Å². The summed E-state index contributed by atoms with van der Waals surface area (Å²) in [6.45, 7) is 1.73. The Balaban J connectivity index is 3.82. The van der Waals surface area contributed by atoms with E-state index in [1.807, 2.05) is 0 Å². The monoisotopic (exact) mass is 221 g/mol. The molecule has 0 saturated carbocycles. The summed E-state index contributed by atoms with van der Waals surface area (Å²) >= 11 is 0. The summed E-state index contributed by atoms with van der Waals surface area (Å²) in [5, 5.41) is 2.42. The van der Waals surface area contributed by atoms with E-state index in [1.165, 1.54) is 0 Å². The molecule has 0 aliphatic rings. The van der Waals surface area contributed by atoms with Crippen molar-refractivity contribution in [2.75, 3.05) is 12.0 Å². The van der Waals surface area contributed by atoms with Crippen LogP contribution in [0.5, 0.6) is 0 Å². The normalized spacial score (nSPS) is 14.2. The van der Waals surface area contributed by atoms with Crippen molar-refractivity contribution in [2.24, 2.45) is 5.84 Å². The third-order valence-corrected chi connectivity index (χ3v) is 2.36. The molecule has 0 aromatic heterocycles. The van der Waals surface area contributed by atoms with Gasteiger partial charge < -0.3 is 5.32 Å². The Kier molecular flexibility index (Phi) is 6.06. The molecule has 0 fully saturated rings. The van der Waals surface area contributed by atoms with Crippen molar-refractivity contribution in [3.8, 4) is 0 Å². The third-order valence-electron chi connectivity index (χ3n) is 1.55. The minimum atomic E-state index is -0.890. The second-order valence-corrected chi connectivity index (χ2v) is 4.47. The highest BCUT2D eigenvalue weighted by Gasteiger charge is 2.14. The van der Waals surface area contributed by atoms with Crippen LogP contribution in [0.1, 0.15) is 13.3 Å². The van der Waals surface area contributed by atoms with E-state index in [4.69, 9.17) is 5.84 Å². The van der Waals surface area contributed by atoms with Gasteiger partial charge in [0.2, 0.25) is 0 Å². The van der Waals surface area contributed by atoms with Gasteiger partial charge in [-0.25, -0.2) is 5.84 Å². The van der Waals surface area contributed by atoms with E-state index < -0.39 is 22.6 Å². The maximum absolute atomic E-state index is 11.0. The minimum absolute atomic E-state index is 0.191. The van der Waals surface area contributed by atoms with Crippen molar-refractivity contribution in [3.63, 3.8) is 0 Å². The molecule has 0 aromatic rings. The van der Waals surface area contributed by atoms with Gasteiger partial charge >= 0.3 is 11.8 Å². The van der Waals surface area contributed by atoms with Crippen LogP contribution in [0.25, 0.3) is 0 Å². The molecule has 6 nitrogen and oxygen atoms in total. The standard InChI is InChI=1S/C7H15N3O3S/c1-5(3-4-14(2)13)9-6(11)7(12)10-8/h5H,3-4,8H2,1-2H3,(H,9,11)(H,10,12). The number of hydrogen-bond acceptors (Lipinski definition) is 4. The molecule has 2 atom stereocenters. The molecule has 0 heterocycles. The highest BCUT2D eigenvalue weighted by Crippen LogP contribution is 1.92. The number of carbonyl (C=O) groups is 2. The number of rotatable bonds is 4. The van der Waals surface area contributed by atoms with E-state index in [-0.39, 0.29) is 6.04 Å². The lowest BCUT2D eigenvalue weighted by atomic mass is 10.2. The lowest BCUT2D eigenvalue weighted by Gasteiger charge is -2.11. The van der Waals surface area contributed by atoms with Crippen LogP contribution in [0, 0.1) is 0 Å². The molecule has 0 aromatic carbocycles. The molecule has 7 heteroatoms. The molecular formula is C7H15N3O3S. The molecule has 14 heavy (non-hydrogen) atoms.